The van der Waals surface area contributed by atoms with E-state index in [1.165, 1.54) is 6.07 Å². The first-order valence-electron chi connectivity index (χ1n) is 6.30. The van der Waals surface area contributed by atoms with Gasteiger partial charge in [-0.25, -0.2) is 4.39 Å². The molecule has 102 valence electrons. The first kappa shape index (κ1) is 14.0. The van der Waals surface area contributed by atoms with Gasteiger partial charge < -0.3 is 5.73 Å². The molecule has 2 N–H and O–H groups in total. The van der Waals surface area contributed by atoms with Gasteiger partial charge in [-0.3, -0.25) is 4.68 Å². The highest BCUT2D eigenvalue weighted by Crippen LogP contribution is 2.20. The summed E-state index contributed by atoms with van der Waals surface area (Å²) in [5.41, 5.74) is 7.61. The van der Waals surface area contributed by atoms with Crippen molar-refractivity contribution in [1.82, 2.24) is 9.78 Å². The Kier molecular flexibility index (Phi) is 4.56. The molecule has 2 rings (SSSR count). The first-order chi connectivity index (χ1) is 9.10. The van der Waals surface area contributed by atoms with Crippen molar-refractivity contribution < 1.29 is 4.39 Å². The van der Waals surface area contributed by atoms with Crippen molar-refractivity contribution >= 4 is 11.6 Å². The predicted molar refractivity (Wildman–Crippen MR) is 74.7 cm³/mol. The Labute approximate surface area is 117 Å². The van der Waals surface area contributed by atoms with Crippen LogP contribution < -0.4 is 5.73 Å². The molecule has 0 aliphatic rings. The monoisotopic (exact) mass is 281 g/mol. The molecule has 3 nitrogen and oxygen atoms in total. The van der Waals surface area contributed by atoms with E-state index in [0.29, 0.717) is 23.4 Å². The van der Waals surface area contributed by atoms with Gasteiger partial charge >= 0.3 is 0 Å². The summed E-state index contributed by atoms with van der Waals surface area (Å²) in [7, 11) is 0. The van der Waals surface area contributed by atoms with Gasteiger partial charge in [-0.15, -0.1) is 0 Å². The Balaban J connectivity index is 2.03. The van der Waals surface area contributed by atoms with Gasteiger partial charge in [0.2, 0.25) is 0 Å². The zero-order chi connectivity index (χ0) is 13.8. The second-order valence-electron chi connectivity index (χ2n) is 4.57. The second kappa shape index (κ2) is 6.17. The lowest BCUT2D eigenvalue weighted by atomic mass is 10.0. The van der Waals surface area contributed by atoms with Crippen molar-refractivity contribution in [2.45, 2.75) is 32.4 Å². The van der Waals surface area contributed by atoms with E-state index in [2.05, 4.69) is 5.10 Å². The van der Waals surface area contributed by atoms with E-state index < -0.39 is 0 Å². The smallest absolute Gasteiger partial charge is 0.127 e. The van der Waals surface area contributed by atoms with Crippen molar-refractivity contribution in [1.29, 1.82) is 0 Å². The SMILES string of the molecule is CCn1cc(CC(N)Cc2c(F)cccc2Cl)cn1. The molecular formula is C14H17ClFN3. The summed E-state index contributed by atoms with van der Waals surface area (Å²) in [5, 5.41) is 4.62. The lowest BCUT2D eigenvalue weighted by molar-refractivity contribution is 0.584. The number of nitrogens with zero attached hydrogens (tertiary/aromatic N) is 2. The van der Waals surface area contributed by atoms with Crippen LogP contribution in [0, 0.1) is 5.82 Å². The van der Waals surface area contributed by atoms with Gasteiger partial charge in [0.05, 0.1) is 6.20 Å². The Morgan fingerprint density at radius 1 is 1.42 bits per heavy atom. The first-order valence-corrected chi connectivity index (χ1v) is 6.67. The van der Waals surface area contributed by atoms with Gasteiger partial charge in [0.25, 0.3) is 0 Å². The number of rotatable bonds is 5. The van der Waals surface area contributed by atoms with Gasteiger partial charge in [0.15, 0.2) is 0 Å². The van der Waals surface area contributed by atoms with Crippen LogP contribution in [0.4, 0.5) is 4.39 Å². The van der Waals surface area contributed by atoms with Crippen LogP contribution >= 0.6 is 11.6 Å². The fourth-order valence-corrected chi connectivity index (χ4v) is 2.29. The molecule has 0 bridgehead atoms. The summed E-state index contributed by atoms with van der Waals surface area (Å²) in [4.78, 5) is 0. The van der Waals surface area contributed by atoms with Crippen LogP contribution in [0.1, 0.15) is 18.1 Å². The molecule has 2 aromatic rings. The third-order valence-corrected chi connectivity index (χ3v) is 3.39. The Morgan fingerprint density at radius 2 is 2.21 bits per heavy atom. The van der Waals surface area contributed by atoms with Crippen LogP contribution in [0.25, 0.3) is 0 Å². The highest BCUT2D eigenvalue weighted by Gasteiger charge is 2.13. The summed E-state index contributed by atoms with van der Waals surface area (Å²) in [6.07, 6.45) is 4.84. The predicted octanol–water partition coefficient (Wildman–Crippen LogP) is 2.81. The summed E-state index contributed by atoms with van der Waals surface area (Å²) in [6.45, 7) is 2.85. The van der Waals surface area contributed by atoms with E-state index in [1.54, 1.807) is 18.3 Å². The van der Waals surface area contributed by atoms with E-state index in [9.17, 15) is 4.39 Å². The Morgan fingerprint density at radius 3 is 2.84 bits per heavy atom. The van der Waals surface area contributed by atoms with Crippen molar-refractivity contribution in [3.63, 3.8) is 0 Å². The number of hydrogen-bond donors (Lipinski definition) is 1. The van der Waals surface area contributed by atoms with Crippen molar-refractivity contribution in [2.75, 3.05) is 0 Å². The Bertz CT molecular complexity index is 533. The van der Waals surface area contributed by atoms with Gasteiger partial charge in [-0.05, 0) is 37.5 Å². The van der Waals surface area contributed by atoms with Crippen LogP contribution in [0.15, 0.2) is 30.6 Å². The van der Waals surface area contributed by atoms with Crippen LogP contribution in [0.3, 0.4) is 0 Å². The quantitative estimate of drug-likeness (QED) is 0.916. The fourth-order valence-electron chi connectivity index (χ4n) is 2.05. The minimum absolute atomic E-state index is 0.177. The standard InChI is InChI=1S/C14H17ClFN3/c1-2-19-9-10(8-18-19)6-11(17)7-12-13(15)4-3-5-14(12)16/h3-5,8-9,11H,2,6-7,17H2,1H3. The molecule has 0 radical (unpaired) electrons. The van der Waals surface area contributed by atoms with E-state index in [0.717, 1.165) is 12.1 Å². The maximum absolute atomic E-state index is 13.7. The number of hydrogen-bond acceptors (Lipinski definition) is 2. The number of benzene rings is 1. The molecular weight excluding hydrogens is 265 g/mol. The maximum atomic E-state index is 13.7. The average Bonchev–Trinajstić information content (AvgIpc) is 2.81. The molecule has 0 fully saturated rings. The van der Waals surface area contributed by atoms with Crippen molar-refractivity contribution in [2.24, 2.45) is 5.73 Å². The third kappa shape index (κ3) is 3.55. The molecule has 1 aromatic heterocycles. The van der Waals surface area contributed by atoms with E-state index in [1.807, 2.05) is 17.8 Å². The molecule has 1 heterocycles. The molecule has 19 heavy (non-hydrogen) atoms. The molecule has 1 unspecified atom stereocenters. The van der Waals surface area contributed by atoms with E-state index in [4.69, 9.17) is 17.3 Å². The molecule has 0 spiro atoms. The topological polar surface area (TPSA) is 43.8 Å². The van der Waals surface area contributed by atoms with Crippen molar-refractivity contribution in [3.8, 4) is 0 Å². The molecule has 1 aromatic carbocycles. The van der Waals surface area contributed by atoms with Crippen LogP contribution in [-0.4, -0.2) is 15.8 Å². The number of nitrogens with two attached hydrogens (primary N) is 1. The molecule has 0 aliphatic heterocycles. The maximum Gasteiger partial charge on any atom is 0.127 e. The normalized spacial score (nSPS) is 12.6. The van der Waals surface area contributed by atoms with Crippen LogP contribution in [0.2, 0.25) is 5.02 Å². The van der Waals surface area contributed by atoms with Gasteiger partial charge in [0, 0.05) is 29.4 Å². The molecule has 0 saturated carbocycles. The zero-order valence-corrected chi connectivity index (χ0v) is 11.6. The average molecular weight is 282 g/mol. The van der Waals surface area contributed by atoms with Gasteiger partial charge in [0.1, 0.15) is 5.82 Å². The number of halogens is 2. The van der Waals surface area contributed by atoms with Crippen LogP contribution in [0.5, 0.6) is 0 Å². The number of aromatic nitrogens is 2. The lowest BCUT2D eigenvalue weighted by Crippen LogP contribution is -2.26. The van der Waals surface area contributed by atoms with E-state index in [-0.39, 0.29) is 11.9 Å². The zero-order valence-electron chi connectivity index (χ0n) is 10.8. The third-order valence-electron chi connectivity index (χ3n) is 3.04. The second-order valence-corrected chi connectivity index (χ2v) is 4.98. The largest absolute Gasteiger partial charge is 0.327 e. The van der Waals surface area contributed by atoms with Gasteiger partial charge in [-0.2, -0.15) is 5.10 Å². The number of aryl methyl sites for hydroxylation is 1. The Hall–Kier alpha value is -1.39. The summed E-state index contributed by atoms with van der Waals surface area (Å²) in [6, 6.07) is 4.51. The fraction of sp³-hybridized carbons (Fsp3) is 0.357. The van der Waals surface area contributed by atoms with Crippen LogP contribution in [-0.2, 0) is 19.4 Å². The summed E-state index contributed by atoms with van der Waals surface area (Å²) >= 11 is 5.99. The molecule has 0 saturated heterocycles. The summed E-state index contributed by atoms with van der Waals surface area (Å²) < 4.78 is 15.5. The lowest BCUT2D eigenvalue weighted by Gasteiger charge is -2.12. The molecule has 5 heteroatoms. The minimum atomic E-state index is -0.299. The minimum Gasteiger partial charge on any atom is -0.327 e. The van der Waals surface area contributed by atoms with Crippen molar-refractivity contribution in [3.05, 3.63) is 52.6 Å². The highest BCUT2D eigenvalue weighted by atomic mass is 35.5. The summed E-state index contributed by atoms with van der Waals surface area (Å²) in [5.74, 6) is -0.299. The molecule has 0 amide bonds. The molecule has 0 aliphatic carbocycles. The highest BCUT2D eigenvalue weighted by molar-refractivity contribution is 6.31. The van der Waals surface area contributed by atoms with Gasteiger partial charge in [-0.1, -0.05) is 17.7 Å². The molecule has 1 atom stereocenters. The van der Waals surface area contributed by atoms with E-state index >= 15 is 0 Å².